The normalized spacial score (nSPS) is 20.1. The van der Waals surface area contributed by atoms with Crippen LogP contribution in [0, 0.1) is 25.1 Å². The summed E-state index contributed by atoms with van der Waals surface area (Å²) >= 11 is 0. The fourth-order valence-corrected chi connectivity index (χ4v) is 3.39. The van der Waals surface area contributed by atoms with Gasteiger partial charge in [0.05, 0.1) is 6.10 Å². The third kappa shape index (κ3) is 2.18. The minimum absolute atomic E-state index is 0.0106. The molecule has 0 heterocycles. The second-order valence-corrected chi connectivity index (χ2v) is 5.79. The van der Waals surface area contributed by atoms with Gasteiger partial charge in [-0.25, -0.2) is 4.39 Å². The number of aryl methyl sites for hydroxylation is 2. The van der Waals surface area contributed by atoms with Crippen LogP contribution >= 0.6 is 0 Å². The van der Waals surface area contributed by atoms with Crippen LogP contribution in [0.5, 0.6) is 0 Å². The summed E-state index contributed by atoms with van der Waals surface area (Å²) in [5, 5.41) is 10.7. The number of rotatable bonds is 3. The molecule has 0 aromatic heterocycles. The van der Waals surface area contributed by atoms with Crippen molar-refractivity contribution in [1.29, 1.82) is 0 Å². The van der Waals surface area contributed by atoms with Crippen molar-refractivity contribution in [2.24, 2.45) is 5.41 Å². The second-order valence-electron chi connectivity index (χ2n) is 5.79. The van der Waals surface area contributed by atoms with Gasteiger partial charge in [-0.05, 0) is 49.8 Å². The van der Waals surface area contributed by atoms with E-state index in [0.717, 1.165) is 24.8 Å². The summed E-state index contributed by atoms with van der Waals surface area (Å²) in [4.78, 5) is 0. The van der Waals surface area contributed by atoms with E-state index in [1.165, 1.54) is 12.8 Å². The van der Waals surface area contributed by atoms with E-state index >= 15 is 0 Å². The first-order valence-corrected chi connectivity index (χ1v) is 6.95. The van der Waals surface area contributed by atoms with E-state index in [4.69, 9.17) is 0 Å². The summed E-state index contributed by atoms with van der Waals surface area (Å²) in [5.74, 6) is -0.150. The highest BCUT2D eigenvalue weighted by Crippen LogP contribution is 2.50. The van der Waals surface area contributed by atoms with Crippen molar-refractivity contribution in [2.45, 2.75) is 59.0 Å². The van der Waals surface area contributed by atoms with Gasteiger partial charge in [0.2, 0.25) is 0 Å². The first-order chi connectivity index (χ1) is 8.50. The maximum absolute atomic E-state index is 13.6. The zero-order valence-electron chi connectivity index (χ0n) is 11.6. The number of aliphatic hydroxyl groups excluding tert-OH is 1. The van der Waals surface area contributed by atoms with E-state index in [0.29, 0.717) is 11.1 Å². The molecule has 1 aliphatic rings. The summed E-state index contributed by atoms with van der Waals surface area (Å²) in [6.07, 6.45) is 5.10. The summed E-state index contributed by atoms with van der Waals surface area (Å²) in [6, 6.07) is 3.62. The third-order valence-corrected chi connectivity index (χ3v) is 4.66. The molecule has 100 valence electrons. The number of halogens is 1. The molecule has 1 nitrogen and oxygen atoms in total. The van der Waals surface area contributed by atoms with Gasteiger partial charge in [0.1, 0.15) is 5.82 Å². The molecule has 0 spiro atoms. The Morgan fingerprint density at radius 3 is 2.17 bits per heavy atom. The van der Waals surface area contributed by atoms with Gasteiger partial charge >= 0.3 is 0 Å². The van der Waals surface area contributed by atoms with Crippen molar-refractivity contribution >= 4 is 0 Å². The molecule has 1 N–H and O–H groups in total. The lowest BCUT2D eigenvalue weighted by Crippen LogP contribution is -2.25. The van der Waals surface area contributed by atoms with Gasteiger partial charge in [-0.3, -0.25) is 0 Å². The average Bonchev–Trinajstić information content (AvgIpc) is 2.84. The second kappa shape index (κ2) is 5.00. The predicted molar refractivity (Wildman–Crippen MR) is 72.0 cm³/mol. The van der Waals surface area contributed by atoms with Gasteiger partial charge in [-0.1, -0.05) is 31.9 Å². The molecule has 0 amide bonds. The van der Waals surface area contributed by atoms with Crippen LogP contribution in [0.15, 0.2) is 12.1 Å². The van der Waals surface area contributed by atoms with Gasteiger partial charge in [0, 0.05) is 5.41 Å². The molecule has 1 unspecified atom stereocenters. The molecule has 1 atom stereocenters. The fraction of sp³-hybridized carbons (Fsp3) is 0.625. The monoisotopic (exact) mass is 250 g/mol. The number of hydrogen-bond donors (Lipinski definition) is 1. The fourth-order valence-electron chi connectivity index (χ4n) is 3.39. The topological polar surface area (TPSA) is 20.2 Å². The standard InChI is InChI=1S/C16H23FO/c1-4-16(7-5-6-8-16)15(18)13-9-11(2)14(17)12(3)10-13/h9-10,15,18H,4-8H2,1-3H3. The maximum atomic E-state index is 13.6. The SMILES string of the molecule is CCC1(C(O)c2cc(C)c(F)c(C)c2)CCCC1. The van der Waals surface area contributed by atoms with Gasteiger partial charge in [0.15, 0.2) is 0 Å². The molecule has 2 heteroatoms. The average molecular weight is 250 g/mol. The highest BCUT2D eigenvalue weighted by molar-refractivity contribution is 5.32. The lowest BCUT2D eigenvalue weighted by molar-refractivity contribution is 0.0236. The predicted octanol–water partition coefficient (Wildman–Crippen LogP) is 4.45. The zero-order valence-corrected chi connectivity index (χ0v) is 11.6. The van der Waals surface area contributed by atoms with Crippen LogP contribution in [0.25, 0.3) is 0 Å². The van der Waals surface area contributed by atoms with Crippen LogP contribution < -0.4 is 0 Å². The van der Waals surface area contributed by atoms with Crippen molar-refractivity contribution in [2.75, 3.05) is 0 Å². The lowest BCUT2D eigenvalue weighted by atomic mass is 9.75. The van der Waals surface area contributed by atoms with E-state index in [1.54, 1.807) is 13.8 Å². The van der Waals surface area contributed by atoms with E-state index in [-0.39, 0.29) is 11.2 Å². The van der Waals surface area contributed by atoms with Crippen molar-refractivity contribution in [1.82, 2.24) is 0 Å². The van der Waals surface area contributed by atoms with Crippen LogP contribution in [0.2, 0.25) is 0 Å². The Morgan fingerprint density at radius 1 is 1.22 bits per heavy atom. The molecule has 1 aliphatic carbocycles. The highest BCUT2D eigenvalue weighted by Gasteiger charge is 2.39. The molecule has 0 radical (unpaired) electrons. The van der Waals surface area contributed by atoms with E-state index in [1.807, 2.05) is 12.1 Å². The number of aliphatic hydroxyl groups is 1. The molecule has 18 heavy (non-hydrogen) atoms. The zero-order chi connectivity index (χ0) is 13.3. The summed E-state index contributed by atoms with van der Waals surface area (Å²) in [6.45, 7) is 5.69. The smallest absolute Gasteiger partial charge is 0.129 e. The van der Waals surface area contributed by atoms with E-state index in [9.17, 15) is 9.50 Å². The van der Waals surface area contributed by atoms with Crippen molar-refractivity contribution in [3.8, 4) is 0 Å². The first-order valence-electron chi connectivity index (χ1n) is 6.95. The van der Waals surface area contributed by atoms with E-state index in [2.05, 4.69) is 6.92 Å². The Hall–Kier alpha value is -0.890. The van der Waals surface area contributed by atoms with Crippen molar-refractivity contribution in [3.63, 3.8) is 0 Å². The molecule has 0 aliphatic heterocycles. The Labute approximate surface area is 109 Å². The van der Waals surface area contributed by atoms with Gasteiger partial charge in [-0.15, -0.1) is 0 Å². The van der Waals surface area contributed by atoms with Gasteiger partial charge < -0.3 is 5.11 Å². The summed E-state index contributed by atoms with van der Waals surface area (Å²) in [5.41, 5.74) is 2.16. The molecule has 1 fully saturated rings. The molecule has 0 saturated heterocycles. The molecule has 1 aromatic rings. The largest absolute Gasteiger partial charge is 0.388 e. The van der Waals surface area contributed by atoms with Crippen LogP contribution in [0.3, 0.4) is 0 Å². The maximum Gasteiger partial charge on any atom is 0.129 e. The Bertz CT molecular complexity index is 410. The van der Waals surface area contributed by atoms with Crippen LogP contribution in [0.1, 0.15) is 61.8 Å². The van der Waals surface area contributed by atoms with Gasteiger partial charge in [0.25, 0.3) is 0 Å². The molecular weight excluding hydrogens is 227 g/mol. The minimum Gasteiger partial charge on any atom is -0.388 e. The van der Waals surface area contributed by atoms with Crippen molar-refractivity contribution < 1.29 is 9.50 Å². The summed E-state index contributed by atoms with van der Waals surface area (Å²) in [7, 11) is 0. The summed E-state index contributed by atoms with van der Waals surface area (Å²) < 4.78 is 13.6. The molecule has 0 bridgehead atoms. The molecular formula is C16H23FO. The molecule has 1 aromatic carbocycles. The first kappa shape index (κ1) is 13.5. The Kier molecular flexibility index (Phi) is 3.76. The number of benzene rings is 1. The van der Waals surface area contributed by atoms with E-state index < -0.39 is 6.10 Å². The van der Waals surface area contributed by atoms with Crippen LogP contribution in [-0.2, 0) is 0 Å². The molecule has 1 saturated carbocycles. The quantitative estimate of drug-likeness (QED) is 0.840. The van der Waals surface area contributed by atoms with Crippen molar-refractivity contribution in [3.05, 3.63) is 34.6 Å². The van der Waals surface area contributed by atoms with Crippen LogP contribution in [-0.4, -0.2) is 5.11 Å². The molecule has 2 rings (SSSR count). The minimum atomic E-state index is -0.456. The Morgan fingerprint density at radius 2 is 1.72 bits per heavy atom. The van der Waals surface area contributed by atoms with Crippen LogP contribution in [0.4, 0.5) is 4.39 Å². The lowest BCUT2D eigenvalue weighted by Gasteiger charge is -2.34. The third-order valence-electron chi connectivity index (χ3n) is 4.66. The Balaban J connectivity index is 2.36. The number of hydrogen-bond acceptors (Lipinski definition) is 1. The highest BCUT2D eigenvalue weighted by atomic mass is 19.1. The van der Waals surface area contributed by atoms with Gasteiger partial charge in [-0.2, -0.15) is 0 Å².